The van der Waals surface area contributed by atoms with Crippen molar-refractivity contribution in [2.45, 2.75) is 17.9 Å². The number of nitrogens with zero attached hydrogens (tertiary/aromatic N) is 1. The zero-order chi connectivity index (χ0) is 22.7. The molecule has 0 unspecified atom stereocenters. The first-order valence-electron chi connectivity index (χ1n) is 9.87. The molecule has 0 aromatic heterocycles. The number of fused-ring (bicyclic) bond motifs is 1. The maximum atomic E-state index is 13.0. The second kappa shape index (κ2) is 9.28. The average Bonchev–Trinajstić information content (AvgIpc) is 2.78. The van der Waals surface area contributed by atoms with Crippen molar-refractivity contribution in [2.24, 2.45) is 0 Å². The third-order valence-electron chi connectivity index (χ3n) is 5.10. The van der Waals surface area contributed by atoms with E-state index in [9.17, 15) is 17.6 Å². The minimum absolute atomic E-state index is 0.188. The van der Waals surface area contributed by atoms with E-state index in [0.717, 1.165) is 11.1 Å². The Bertz CT molecular complexity index is 1230. The molecular weight excluding hydrogens is 455 g/mol. The summed E-state index contributed by atoms with van der Waals surface area (Å²) in [6.07, 6.45) is 0.573. The summed E-state index contributed by atoms with van der Waals surface area (Å²) in [5.74, 6) is -0.381. The van der Waals surface area contributed by atoms with Crippen LogP contribution in [-0.4, -0.2) is 31.8 Å². The van der Waals surface area contributed by atoms with Crippen molar-refractivity contribution in [1.29, 1.82) is 0 Å². The van der Waals surface area contributed by atoms with Gasteiger partial charge in [-0.2, -0.15) is 4.31 Å². The molecule has 1 N–H and O–H groups in total. The molecule has 32 heavy (non-hydrogen) atoms. The lowest BCUT2D eigenvalue weighted by Gasteiger charge is -2.28. The number of hydrogen-bond acceptors (Lipinski definition) is 4. The van der Waals surface area contributed by atoms with Gasteiger partial charge in [-0.25, -0.2) is 12.8 Å². The van der Waals surface area contributed by atoms with Crippen molar-refractivity contribution in [2.75, 3.05) is 18.5 Å². The number of ether oxygens (including phenoxy) is 1. The van der Waals surface area contributed by atoms with E-state index in [2.05, 4.69) is 5.32 Å². The largest absolute Gasteiger partial charge is 0.484 e. The van der Waals surface area contributed by atoms with Crippen LogP contribution in [0.5, 0.6) is 5.75 Å². The number of carbonyl (C=O) groups is 1. The van der Waals surface area contributed by atoms with Crippen LogP contribution in [0.3, 0.4) is 0 Å². The van der Waals surface area contributed by atoms with Crippen LogP contribution in [0.25, 0.3) is 0 Å². The molecular formula is C23H20ClFN2O4S. The van der Waals surface area contributed by atoms with Crippen molar-refractivity contribution in [1.82, 2.24) is 4.31 Å². The van der Waals surface area contributed by atoms with Gasteiger partial charge in [0, 0.05) is 23.8 Å². The topological polar surface area (TPSA) is 75.7 Å². The summed E-state index contributed by atoms with van der Waals surface area (Å²) >= 11 is 5.87. The molecule has 0 atom stereocenters. The van der Waals surface area contributed by atoms with E-state index in [1.807, 2.05) is 6.07 Å². The normalized spacial score (nSPS) is 13.9. The summed E-state index contributed by atoms with van der Waals surface area (Å²) in [5.41, 5.74) is 2.40. The van der Waals surface area contributed by atoms with Crippen molar-refractivity contribution in [3.8, 4) is 5.75 Å². The van der Waals surface area contributed by atoms with Crippen LogP contribution in [0.1, 0.15) is 11.1 Å². The van der Waals surface area contributed by atoms with Gasteiger partial charge in [-0.15, -0.1) is 0 Å². The summed E-state index contributed by atoms with van der Waals surface area (Å²) in [4.78, 5) is 12.4. The smallest absolute Gasteiger partial charge is 0.262 e. The first-order chi connectivity index (χ1) is 15.3. The predicted octanol–water partition coefficient (Wildman–Crippen LogP) is 4.24. The number of benzene rings is 3. The van der Waals surface area contributed by atoms with Crippen molar-refractivity contribution in [3.63, 3.8) is 0 Å². The van der Waals surface area contributed by atoms with Crippen LogP contribution >= 0.6 is 11.6 Å². The molecule has 0 spiro atoms. The molecule has 0 fully saturated rings. The number of anilines is 1. The van der Waals surface area contributed by atoms with Gasteiger partial charge in [-0.3, -0.25) is 4.79 Å². The fraction of sp³-hybridized carbons (Fsp3) is 0.174. The number of carbonyl (C=O) groups excluding carboxylic acids is 1. The highest BCUT2D eigenvalue weighted by atomic mass is 35.5. The lowest BCUT2D eigenvalue weighted by Crippen LogP contribution is -2.36. The summed E-state index contributed by atoms with van der Waals surface area (Å²) < 4.78 is 45.7. The van der Waals surface area contributed by atoms with E-state index in [4.69, 9.17) is 16.3 Å². The zero-order valence-electron chi connectivity index (χ0n) is 16.9. The highest BCUT2D eigenvalue weighted by molar-refractivity contribution is 7.89. The van der Waals surface area contributed by atoms with Gasteiger partial charge in [0.2, 0.25) is 10.0 Å². The highest BCUT2D eigenvalue weighted by Crippen LogP contribution is 2.27. The maximum Gasteiger partial charge on any atom is 0.262 e. The Morgan fingerprint density at radius 3 is 2.47 bits per heavy atom. The second-order valence-electron chi connectivity index (χ2n) is 7.32. The zero-order valence-corrected chi connectivity index (χ0v) is 18.5. The molecule has 1 aliphatic heterocycles. The Labute approximate surface area is 190 Å². The number of nitrogens with one attached hydrogen (secondary N) is 1. The summed E-state index contributed by atoms with van der Waals surface area (Å²) in [5, 5.41) is 3.21. The van der Waals surface area contributed by atoms with Crippen LogP contribution in [0, 0.1) is 5.82 Å². The lowest BCUT2D eigenvalue weighted by molar-refractivity contribution is -0.118. The van der Waals surface area contributed by atoms with E-state index in [1.165, 1.54) is 40.7 Å². The Morgan fingerprint density at radius 1 is 1.03 bits per heavy atom. The first kappa shape index (κ1) is 22.3. The molecule has 3 aromatic rings. The van der Waals surface area contributed by atoms with E-state index in [-0.39, 0.29) is 29.8 Å². The van der Waals surface area contributed by atoms with E-state index < -0.39 is 10.0 Å². The standard InChI is InChI=1S/C23H20ClFN2O4S/c24-18-2-9-22(10-3-18)32(29,30)27-12-11-16-1-6-20(13-17(16)14-27)26-23(28)15-31-21-7-4-19(25)5-8-21/h1-10,13H,11-12,14-15H2,(H,26,28). The third-order valence-corrected chi connectivity index (χ3v) is 7.21. The molecule has 0 aliphatic carbocycles. The predicted molar refractivity (Wildman–Crippen MR) is 120 cm³/mol. The number of rotatable bonds is 6. The Hall–Kier alpha value is -2.94. The molecule has 1 amide bonds. The number of hydrogen-bond donors (Lipinski definition) is 1. The molecule has 6 nitrogen and oxygen atoms in total. The van der Waals surface area contributed by atoms with Crippen molar-refractivity contribution >= 4 is 33.2 Å². The third kappa shape index (κ3) is 5.09. The lowest BCUT2D eigenvalue weighted by atomic mass is 10.0. The molecule has 4 rings (SSSR count). The molecule has 0 saturated carbocycles. The number of amides is 1. The monoisotopic (exact) mass is 474 g/mol. The molecule has 0 bridgehead atoms. The second-order valence-corrected chi connectivity index (χ2v) is 9.69. The van der Waals surface area contributed by atoms with E-state index >= 15 is 0 Å². The Morgan fingerprint density at radius 2 is 1.75 bits per heavy atom. The van der Waals surface area contributed by atoms with E-state index in [0.29, 0.717) is 29.4 Å². The first-order valence-corrected chi connectivity index (χ1v) is 11.7. The van der Waals surface area contributed by atoms with Crippen LogP contribution in [0.2, 0.25) is 5.02 Å². The minimum atomic E-state index is -3.66. The van der Waals surface area contributed by atoms with Gasteiger partial charge in [0.1, 0.15) is 11.6 Å². The van der Waals surface area contributed by atoms with Gasteiger partial charge >= 0.3 is 0 Å². The maximum absolute atomic E-state index is 13.0. The molecule has 3 aromatic carbocycles. The molecule has 0 saturated heterocycles. The van der Waals surface area contributed by atoms with Crippen LogP contribution in [0.4, 0.5) is 10.1 Å². The Kier molecular flexibility index (Phi) is 6.45. The summed E-state index contributed by atoms with van der Waals surface area (Å²) in [7, 11) is -3.66. The van der Waals surface area contributed by atoms with E-state index in [1.54, 1.807) is 24.3 Å². The summed E-state index contributed by atoms with van der Waals surface area (Å²) in [6.45, 7) is 0.338. The fourth-order valence-electron chi connectivity index (χ4n) is 3.45. The van der Waals surface area contributed by atoms with Gasteiger partial charge in [-0.05, 0) is 78.2 Å². The molecule has 0 radical (unpaired) electrons. The van der Waals surface area contributed by atoms with Gasteiger partial charge in [0.15, 0.2) is 6.61 Å². The molecule has 9 heteroatoms. The highest BCUT2D eigenvalue weighted by Gasteiger charge is 2.28. The molecule has 1 heterocycles. The molecule has 166 valence electrons. The number of sulfonamides is 1. The van der Waals surface area contributed by atoms with Crippen LogP contribution in [-0.2, 0) is 27.8 Å². The van der Waals surface area contributed by atoms with Crippen molar-refractivity contribution < 1.29 is 22.3 Å². The van der Waals surface area contributed by atoms with Gasteiger partial charge in [0.25, 0.3) is 5.91 Å². The summed E-state index contributed by atoms with van der Waals surface area (Å²) in [6, 6.07) is 16.9. The van der Waals surface area contributed by atoms with Gasteiger partial charge in [-0.1, -0.05) is 17.7 Å². The van der Waals surface area contributed by atoms with Crippen LogP contribution in [0.15, 0.2) is 71.6 Å². The fourth-order valence-corrected chi connectivity index (χ4v) is 4.99. The Balaban J connectivity index is 1.42. The minimum Gasteiger partial charge on any atom is -0.484 e. The van der Waals surface area contributed by atoms with Crippen LogP contribution < -0.4 is 10.1 Å². The van der Waals surface area contributed by atoms with Crippen molar-refractivity contribution in [3.05, 3.63) is 88.7 Å². The SMILES string of the molecule is O=C(COc1ccc(F)cc1)Nc1ccc2c(c1)CN(S(=O)(=O)c1ccc(Cl)cc1)CC2. The number of halogens is 2. The quantitative estimate of drug-likeness (QED) is 0.579. The van der Waals surface area contributed by atoms with Gasteiger partial charge in [0.05, 0.1) is 4.90 Å². The molecule has 1 aliphatic rings. The average molecular weight is 475 g/mol. The van der Waals surface area contributed by atoms with Gasteiger partial charge < -0.3 is 10.1 Å².